The predicted octanol–water partition coefficient (Wildman–Crippen LogP) is 5.69. The average molecular weight is 355 g/mol. The van der Waals surface area contributed by atoms with Gasteiger partial charge in [-0.25, -0.2) is 0 Å². The molecule has 2 saturated carbocycles. The van der Waals surface area contributed by atoms with E-state index in [9.17, 15) is 4.79 Å². The van der Waals surface area contributed by atoms with Crippen molar-refractivity contribution in [3.8, 4) is 0 Å². The van der Waals surface area contributed by atoms with Crippen LogP contribution < -0.4 is 0 Å². The Bertz CT molecular complexity index is 403. The third kappa shape index (κ3) is 4.06. The fraction of sp³-hybridized carbons (Fsp3) is 0.950. The van der Waals surface area contributed by atoms with Gasteiger partial charge in [-0.1, -0.05) is 40.0 Å². The van der Waals surface area contributed by atoms with Crippen molar-refractivity contribution >= 4 is 14.3 Å². The van der Waals surface area contributed by atoms with Gasteiger partial charge in [0.2, 0.25) is 0 Å². The molecule has 0 N–H and O–H groups in total. The molecule has 2 aliphatic carbocycles. The Balaban J connectivity index is 2.26. The molecule has 4 heteroatoms. The monoisotopic (exact) mass is 354 g/mol. The van der Waals surface area contributed by atoms with Crippen LogP contribution in [0.5, 0.6) is 0 Å². The summed E-state index contributed by atoms with van der Waals surface area (Å²) in [6, 6.07) is 3.45. The van der Waals surface area contributed by atoms with Gasteiger partial charge in [-0.15, -0.1) is 0 Å². The number of hydrogen-bond acceptors (Lipinski definition) is 3. The van der Waals surface area contributed by atoms with E-state index in [1.165, 1.54) is 32.1 Å². The third-order valence-electron chi connectivity index (χ3n) is 6.74. The molecule has 0 aromatic rings. The third-order valence-corrected chi connectivity index (χ3v) is 11.4. The quantitative estimate of drug-likeness (QED) is 0.435. The maximum atomic E-state index is 12.8. The molecular formula is C20H38O3Si. The zero-order chi connectivity index (χ0) is 17.8. The first-order valence-corrected chi connectivity index (χ1v) is 12.8. The van der Waals surface area contributed by atoms with Gasteiger partial charge in [0.1, 0.15) is 0 Å². The van der Waals surface area contributed by atoms with Crippen LogP contribution in [-0.4, -0.2) is 26.5 Å². The van der Waals surface area contributed by atoms with Crippen molar-refractivity contribution in [3.05, 3.63) is 0 Å². The fourth-order valence-corrected chi connectivity index (χ4v) is 7.94. The van der Waals surface area contributed by atoms with Gasteiger partial charge in [-0.2, -0.15) is 0 Å². The minimum absolute atomic E-state index is 0.0105. The van der Waals surface area contributed by atoms with Crippen molar-refractivity contribution < 1.29 is 14.0 Å². The van der Waals surface area contributed by atoms with Crippen molar-refractivity contribution in [2.45, 2.75) is 110 Å². The Kier molecular flexibility index (Phi) is 6.95. The molecule has 0 aromatic carbocycles. The number of carbonyl (C=O) groups is 1. The van der Waals surface area contributed by atoms with Crippen molar-refractivity contribution in [3.63, 3.8) is 0 Å². The zero-order valence-electron chi connectivity index (χ0n) is 16.5. The maximum Gasteiger partial charge on any atom is 0.311 e. The highest BCUT2D eigenvalue weighted by Crippen LogP contribution is 2.54. The van der Waals surface area contributed by atoms with Crippen LogP contribution in [0.2, 0.25) is 18.1 Å². The molecule has 2 fully saturated rings. The molecule has 1 spiro atoms. The first-order chi connectivity index (χ1) is 11.4. The summed E-state index contributed by atoms with van der Waals surface area (Å²) in [5.41, 5.74) is 0.247. The zero-order valence-corrected chi connectivity index (χ0v) is 17.5. The number of ether oxygens (including phenoxy) is 1. The van der Waals surface area contributed by atoms with Crippen LogP contribution in [-0.2, 0) is 14.0 Å². The predicted molar refractivity (Wildman–Crippen MR) is 102 cm³/mol. The fourth-order valence-electron chi connectivity index (χ4n) is 4.99. The lowest BCUT2D eigenvalue weighted by molar-refractivity contribution is -0.156. The van der Waals surface area contributed by atoms with Crippen molar-refractivity contribution in [1.29, 1.82) is 0 Å². The molecule has 0 amide bonds. The van der Waals surface area contributed by atoms with Crippen LogP contribution in [0.3, 0.4) is 0 Å². The molecule has 0 bridgehead atoms. The van der Waals surface area contributed by atoms with Gasteiger partial charge in [0.25, 0.3) is 0 Å². The number of carbonyl (C=O) groups excluding carboxylic acids is 1. The largest absolute Gasteiger partial charge is 0.463 e. The molecule has 0 saturated heterocycles. The Morgan fingerprint density at radius 1 is 1.04 bits per heavy atom. The molecule has 0 heterocycles. The molecule has 2 rings (SSSR count). The SMILES string of the molecule is CC[Si](CC)(CC)O[C@H]1[C@H](C(=O)OC(C)C)CCC12CCCCC2. The first-order valence-electron chi connectivity index (χ1n) is 10.3. The van der Waals surface area contributed by atoms with Crippen molar-refractivity contribution in [1.82, 2.24) is 0 Å². The van der Waals surface area contributed by atoms with Crippen LogP contribution in [0, 0.1) is 11.3 Å². The van der Waals surface area contributed by atoms with Crippen LogP contribution in [0.15, 0.2) is 0 Å². The summed E-state index contributed by atoms with van der Waals surface area (Å²) in [5, 5.41) is 0. The summed E-state index contributed by atoms with van der Waals surface area (Å²) in [6.45, 7) is 10.7. The van der Waals surface area contributed by atoms with Gasteiger partial charge >= 0.3 is 5.97 Å². The molecule has 3 nitrogen and oxygen atoms in total. The van der Waals surface area contributed by atoms with E-state index in [-0.39, 0.29) is 29.5 Å². The summed E-state index contributed by atoms with van der Waals surface area (Å²) in [7, 11) is -1.73. The highest BCUT2D eigenvalue weighted by molar-refractivity contribution is 6.73. The van der Waals surface area contributed by atoms with E-state index in [0.29, 0.717) is 0 Å². The van der Waals surface area contributed by atoms with Gasteiger partial charge in [0, 0.05) is 0 Å². The summed E-state index contributed by atoms with van der Waals surface area (Å²) >= 11 is 0. The van der Waals surface area contributed by atoms with E-state index in [4.69, 9.17) is 9.16 Å². The lowest BCUT2D eigenvalue weighted by Crippen LogP contribution is -2.49. The standard InChI is InChI=1S/C20H38O3Si/c1-6-24(7-2,8-3)23-18-17(19(21)22-16(4)5)12-15-20(18)13-10-9-11-14-20/h16-18H,6-15H2,1-5H3/t17-,18+/m1/s1. The lowest BCUT2D eigenvalue weighted by Gasteiger charge is -2.44. The lowest BCUT2D eigenvalue weighted by atomic mass is 9.71. The van der Waals surface area contributed by atoms with Crippen molar-refractivity contribution in [2.24, 2.45) is 11.3 Å². The Morgan fingerprint density at radius 3 is 2.12 bits per heavy atom. The van der Waals surface area contributed by atoms with E-state index < -0.39 is 8.32 Å². The second-order valence-corrected chi connectivity index (χ2v) is 13.1. The molecule has 0 aromatic heterocycles. The van der Waals surface area contributed by atoms with Gasteiger partial charge in [0.05, 0.1) is 18.1 Å². The van der Waals surface area contributed by atoms with E-state index in [1.54, 1.807) is 0 Å². The molecule has 2 aliphatic rings. The average Bonchev–Trinajstić information content (AvgIpc) is 2.90. The highest BCUT2D eigenvalue weighted by Gasteiger charge is 2.54. The van der Waals surface area contributed by atoms with Crippen LogP contribution in [0.4, 0.5) is 0 Å². The van der Waals surface area contributed by atoms with E-state index in [0.717, 1.165) is 31.0 Å². The molecule has 24 heavy (non-hydrogen) atoms. The van der Waals surface area contributed by atoms with Crippen LogP contribution in [0.25, 0.3) is 0 Å². The molecule has 2 atom stereocenters. The van der Waals surface area contributed by atoms with Crippen LogP contribution in [0.1, 0.15) is 79.6 Å². The van der Waals surface area contributed by atoms with Gasteiger partial charge in [0.15, 0.2) is 8.32 Å². The Labute approximate surface area is 150 Å². The van der Waals surface area contributed by atoms with E-state index >= 15 is 0 Å². The molecule has 0 radical (unpaired) electrons. The second kappa shape index (κ2) is 8.35. The summed E-state index contributed by atoms with van der Waals surface area (Å²) in [6.07, 6.45) is 8.59. The van der Waals surface area contributed by atoms with E-state index in [1.807, 2.05) is 13.8 Å². The normalized spacial score (nSPS) is 26.9. The van der Waals surface area contributed by atoms with Crippen LogP contribution >= 0.6 is 0 Å². The van der Waals surface area contributed by atoms with Gasteiger partial charge in [-0.05, 0) is 63.1 Å². The Morgan fingerprint density at radius 2 is 1.62 bits per heavy atom. The summed E-state index contributed by atoms with van der Waals surface area (Å²) < 4.78 is 12.6. The molecule has 0 aliphatic heterocycles. The molecule has 140 valence electrons. The highest BCUT2D eigenvalue weighted by atomic mass is 28.4. The topological polar surface area (TPSA) is 35.5 Å². The molecular weight excluding hydrogens is 316 g/mol. The van der Waals surface area contributed by atoms with Gasteiger partial charge < -0.3 is 9.16 Å². The van der Waals surface area contributed by atoms with E-state index in [2.05, 4.69) is 20.8 Å². The minimum Gasteiger partial charge on any atom is -0.463 e. The maximum absolute atomic E-state index is 12.8. The van der Waals surface area contributed by atoms with Gasteiger partial charge in [-0.3, -0.25) is 4.79 Å². The number of hydrogen-bond donors (Lipinski definition) is 0. The minimum atomic E-state index is -1.73. The Hall–Kier alpha value is -0.353. The summed E-state index contributed by atoms with van der Waals surface area (Å²) in [5.74, 6) is -0.0503. The smallest absolute Gasteiger partial charge is 0.311 e. The summed E-state index contributed by atoms with van der Waals surface area (Å²) in [4.78, 5) is 12.8. The number of rotatable bonds is 7. The second-order valence-electron chi connectivity index (χ2n) is 8.34. The van der Waals surface area contributed by atoms with Crippen molar-refractivity contribution in [2.75, 3.05) is 0 Å². The number of esters is 1. The molecule has 0 unspecified atom stereocenters. The first kappa shape index (κ1) is 20.0.